The Morgan fingerprint density at radius 3 is 2.50 bits per heavy atom. The van der Waals surface area contributed by atoms with Crippen LogP contribution in [0.2, 0.25) is 0 Å². The molecule has 8 nitrogen and oxygen atoms in total. The summed E-state index contributed by atoms with van der Waals surface area (Å²) in [7, 11) is 0. The number of rotatable bonds is 5. The van der Waals surface area contributed by atoms with E-state index in [1.54, 1.807) is 20.8 Å². The van der Waals surface area contributed by atoms with E-state index in [-0.39, 0.29) is 36.0 Å². The first-order valence-corrected chi connectivity index (χ1v) is 6.74. The topological polar surface area (TPSA) is 104 Å². The van der Waals surface area contributed by atoms with Gasteiger partial charge in [0.1, 0.15) is 0 Å². The van der Waals surface area contributed by atoms with Gasteiger partial charge in [-0.3, -0.25) is 10.1 Å². The Balaban J connectivity index is 2.66. The largest absolute Gasteiger partial charge is 0.476 e. The quantitative estimate of drug-likeness (QED) is 0.474. The number of nitro groups is 1. The Morgan fingerprint density at radius 2 is 1.91 bits per heavy atom. The lowest BCUT2D eigenvalue weighted by Crippen LogP contribution is -2.12. The van der Waals surface area contributed by atoms with Crippen molar-refractivity contribution >= 4 is 22.7 Å². The number of ether oxygens (including phenoxy) is 2. The molecule has 0 radical (unpaired) electrons. The van der Waals surface area contributed by atoms with Crippen LogP contribution in [-0.4, -0.2) is 34.1 Å². The third kappa shape index (κ3) is 2.95. The summed E-state index contributed by atoms with van der Waals surface area (Å²) in [5.41, 5.74) is 0.992. The Labute approximate surface area is 126 Å². The summed E-state index contributed by atoms with van der Waals surface area (Å²) in [6, 6.07) is 2.83. The van der Waals surface area contributed by atoms with E-state index in [4.69, 9.17) is 9.47 Å². The lowest BCUT2D eigenvalue weighted by molar-refractivity contribution is -0.385. The van der Waals surface area contributed by atoms with Crippen LogP contribution >= 0.6 is 0 Å². The van der Waals surface area contributed by atoms with Crippen LogP contribution in [0.5, 0.6) is 5.88 Å². The van der Waals surface area contributed by atoms with Crippen molar-refractivity contribution in [2.75, 3.05) is 13.2 Å². The lowest BCUT2D eigenvalue weighted by Gasteiger charge is -2.09. The van der Waals surface area contributed by atoms with Crippen molar-refractivity contribution in [1.29, 1.82) is 0 Å². The van der Waals surface area contributed by atoms with Crippen LogP contribution in [-0.2, 0) is 4.74 Å². The molecule has 1 heterocycles. The van der Waals surface area contributed by atoms with Crippen molar-refractivity contribution in [1.82, 2.24) is 9.97 Å². The van der Waals surface area contributed by atoms with Crippen LogP contribution in [0.25, 0.3) is 11.0 Å². The van der Waals surface area contributed by atoms with Crippen LogP contribution in [0.4, 0.5) is 5.69 Å². The molecular weight excluding hydrogens is 290 g/mol. The van der Waals surface area contributed by atoms with E-state index in [1.807, 2.05) is 0 Å². The third-order valence-corrected chi connectivity index (χ3v) is 2.90. The molecule has 8 heteroatoms. The average Bonchev–Trinajstić information content (AvgIpc) is 2.46. The van der Waals surface area contributed by atoms with Crippen molar-refractivity contribution in [2.45, 2.75) is 20.8 Å². The van der Waals surface area contributed by atoms with Gasteiger partial charge in [0.2, 0.25) is 11.6 Å². The van der Waals surface area contributed by atoms with E-state index in [0.717, 1.165) is 0 Å². The highest BCUT2D eigenvalue weighted by Gasteiger charge is 2.21. The fourth-order valence-corrected chi connectivity index (χ4v) is 1.95. The van der Waals surface area contributed by atoms with Crippen LogP contribution < -0.4 is 4.74 Å². The van der Waals surface area contributed by atoms with Gasteiger partial charge in [0, 0.05) is 11.6 Å². The molecule has 1 aromatic carbocycles. The number of carbonyl (C=O) groups is 1. The van der Waals surface area contributed by atoms with Gasteiger partial charge < -0.3 is 9.47 Å². The van der Waals surface area contributed by atoms with Gasteiger partial charge >= 0.3 is 5.97 Å². The second-order valence-electron chi connectivity index (χ2n) is 4.42. The highest BCUT2D eigenvalue weighted by Crippen LogP contribution is 2.26. The number of hydrogen-bond donors (Lipinski definition) is 0. The van der Waals surface area contributed by atoms with Crippen LogP contribution in [0.1, 0.15) is 29.9 Å². The number of carbonyl (C=O) groups excluding carboxylic acids is 1. The molecule has 0 spiro atoms. The maximum Gasteiger partial charge on any atom is 0.362 e. The average molecular weight is 305 g/mol. The van der Waals surface area contributed by atoms with E-state index in [9.17, 15) is 14.9 Å². The maximum absolute atomic E-state index is 11.9. The Hall–Kier alpha value is -2.77. The number of nitro benzene ring substituents is 1. The molecule has 2 aromatic rings. The predicted octanol–water partition coefficient (Wildman–Crippen LogP) is 2.42. The van der Waals surface area contributed by atoms with Crippen LogP contribution in [0.3, 0.4) is 0 Å². The molecule has 0 aliphatic carbocycles. The molecule has 0 atom stereocenters. The highest BCUT2D eigenvalue weighted by atomic mass is 16.6. The first-order chi connectivity index (χ1) is 10.5. The monoisotopic (exact) mass is 305 g/mol. The summed E-state index contributed by atoms with van der Waals surface area (Å²) in [6.07, 6.45) is 0. The minimum absolute atomic E-state index is 0.00611. The van der Waals surface area contributed by atoms with Gasteiger partial charge in [-0.15, -0.1) is 0 Å². The molecule has 0 N–H and O–H groups in total. The van der Waals surface area contributed by atoms with Crippen molar-refractivity contribution in [3.8, 4) is 5.88 Å². The maximum atomic E-state index is 11.9. The van der Waals surface area contributed by atoms with Crippen LogP contribution in [0.15, 0.2) is 12.1 Å². The second-order valence-corrected chi connectivity index (χ2v) is 4.42. The number of hydrogen-bond acceptors (Lipinski definition) is 7. The molecule has 0 amide bonds. The molecule has 0 saturated carbocycles. The zero-order valence-electron chi connectivity index (χ0n) is 12.5. The summed E-state index contributed by atoms with van der Waals surface area (Å²) in [5, 5.41) is 11.0. The van der Waals surface area contributed by atoms with Gasteiger partial charge in [0.25, 0.3) is 5.69 Å². The SMILES string of the molecule is CCOC(=O)c1nc2cc(C)c([N+](=O)[O-])cc2nc1OCC. The van der Waals surface area contributed by atoms with Gasteiger partial charge in [-0.05, 0) is 26.8 Å². The fraction of sp³-hybridized carbons (Fsp3) is 0.357. The molecule has 1 aromatic heterocycles. The Kier molecular flexibility index (Phi) is 4.50. The number of aryl methyl sites for hydroxylation is 1. The number of fused-ring (bicyclic) bond motifs is 1. The summed E-state index contributed by atoms with van der Waals surface area (Å²) in [6.45, 7) is 5.49. The predicted molar refractivity (Wildman–Crippen MR) is 78.1 cm³/mol. The van der Waals surface area contributed by atoms with E-state index in [2.05, 4.69) is 9.97 Å². The van der Waals surface area contributed by atoms with Crippen molar-refractivity contribution in [2.24, 2.45) is 0 Å². The zero-order valence-corrected chi connectivity index (χ0v) is 12.5. The Bertz CT molecular complexity index is 745. The number of aromatic nitrogens is 2. The molecule has 0 aliphatic heterocycles. The molecular formula is C14H15N3O5. The summed E-state index contributed by atoms with van der Waals surface area (Å²) < 4.78 is 10.2. The van der Waals surface area contributed by atoms with Gasteiger partial charge in [0.15, 0.2) is 0 Å². The smallest absolute Gasteiger partial charge is 0.362 e. The molecule has 2 rings (SSSR count). The van der Waals surface area contributed by atoms with Crippen LogP contribution in [0, 0.1) is 17.0 Å². The van der Waals surface area contributed by atoms with Crippen molar-refractivity contribution in [3.05, 3.63) is 33.5 Å². The molecule has 116 valence electrons. The molecule has 0 unspecified atom stereocenters. The van der Waals surface area contributed by atoms with Crippen molar-refractivity contribution in [3.63, 3.8) is 0 Å². The first-order valence-electron chi connectivity index (χ1n) is 6.74. The van der Waals surface area contributed by atoms with Gasteiger partial charge in [-0.2, -0.15) is 0 Å². The Morgan fingerprint density at radius 1 is 1.23 bits per heavy atom. The second kappa shape index (κ2) is 6.33. The standard InChI is InChI=1S/C14H15N3O5/c1-4-21-13-12(14(18)22-5-2)15-9-6-8(3)11(17(19)20)7-10(9)16-13/h6-7H,4-5H2,1-3H3. The van der Waals surface area contributed by atoms with Gasteiger partial charge in [0.05, 0.1) is 29.2 Å². The summed E-state index contributed by atoms with van der Waals surface area (Å²) in [4.78, 5) is 30.8. The third-order valence-electron chi connectivity index (χ3n) is 2.90. The van der Waals surface area contributed by atoms with E-state index < -0.39 is 10.9 Å². The van der Waals surface area contributed by atoms with E-state index in [1.165, 1.54) is 12.1 Å². The zero-order chi connectivity index (χ0) is 16.3. The molecule has 0 fully saturated rings. The lowest BCUT2D eigenvalue weighted by atomic mass is 10.1. The molecule has 0 saturated heterocycles. The fourth-order valence-electron chi connectivity index (χ4n) is 1.95. The minimum atomic E-state index is -0.642. The molecule has 0 bridgehead atoms. The van der Waals surface area contributed by atoms with Gasteiger partial charge in [-0.25, -0.2) is 14.8 Å². The minimum Gasteiger partial charge on any atom is -0.476 e. The normalized spacial score (nSPS) is 10.5. The number of benzene rings is 1. The van der Waals surface area contributed by atoms with Gasteiger partial charge in [-0.1, -0.05) is 0 Å². The van der Waals surface area contributed by atoms with Crippen molar-refractivity contribution < 1.29 is 19.2 Å². The van der Waals surface area contributed by atoms with E-state index in [0.29, 0.717) is 11.1 Å². The molecule has 0 aliphatic rings. The summed E-state index contributed by atoms with van der Waals surface area (Å²) >= 11 is 0. The number of esters is 1. The summed E-state index contributed by atoms with van der Waals surface area (Å²) in [5.74, 6) is -0.636. The number of nitrogens with zero attached hydrogens (tertiary/aromatic N) is 3. The highest BCUT2D eigenvalue weighted by molar-refractivity contribution is 5.92. The van der Waals surface area contributed by atoms with E-state index >= 15 is 0 Å². The first kappa shape index (κ1) is 15.6. The molecule has 22 heavy (non-hydrogen) atoms.